The van der Waals surface area contributed by atoms with Gasteiger partial charge in [0.1, 0.15) is 5.69 Å². The number of nitrogens with zero attached hydrogens (tertiary/aromatic N) is 3. The molecule has 154 valence electrons. The number of hydrogen-bond donors (Lipinski definition) is 1. The van der Waals surface area contributed by atoms with Gasteiger partial charge in [-0.25, -0.2) is 4.98 Å². The molecule has 2 aromatic carbocycles. The van der Waals surface area contributed by atoms with E-state index in [1.54, 1.807) is 24.3 Å². The monoisotopic (exact) mass is 442 g/mol. The quantitative estimate of drug-likeness (QED) is 0.409. The summed E-state index contributed by atoms with van der Waals surface area (Å²) < 4.78 is 0. The first kappa shape index (κ1) is 20.3. The van der Waals surface area contributed by atoms with Crippen molar-refractivity contribution < 1.29 is 9.72 Å². The summed E-state index contributed by atoms with van der Waals surface area (Å²) in [5, 5.41) is 17.2. The Labute approximate surface area is 182 Å². The van der Waals surface area contributed by atoms with Crippen LogP contribution in [0.5, 0.6) is 0 Å². The topological polar surface area (TPSA) is 88.4 Å². The van der Waals surface area contributed by atoms with Crippen LogP contribution in [-0.4, -0.2) is 28.9 Å². The summed E-state index contributed by atoms with van der Waals surface area (Å²) in [6.07, 6.45) is 3.16. The number of thiazole rings is 1. The second kappa shape index (κ2) is 8.81. The Bertz CT molecular complexity index is 1080. The summed E-state index contributed by atoms with van der Waals surface area (Å²) in [5.41, 5.74) is 2.35. The van der Waals surface area contributed by atoms with E-state index in [0.717, 1.165) is 43.6 Å². The molecule has 7 nitrogen and oxygen atoms in total. The molecule has 0 unspecified atom stereocenters. The van der Waals surface area contributed by atoms with Crippen molar-refractivity contribution in [2.45, 2.75) is 19.3 Å². The minimum atomic E-state index is -0.430. The second-order valence-corrected chi connectivity index (χ2v) is 8.30. The van der Waals surface area contributed by atoms with Gasteiger partial charge in [-0.2, -0.15) is 0 Å². The summed E-state index contributed by atoms with van der Waals surface area (Å²) in [5.74, 6) is -0.430. The lowest BCUT2D eigenvalue weighted by molar-refractivity contribution is -0.384. The number of benzene rings is 2. The first-order valence-electron chi connectivity index (χ1n) is 9.57. The number of amides is 1. The van der Waals surface area contributed by atoms with E-state index < -0.39 is 10.8 Å². The van der Waals surface area contributed by atoms with E-state index in [1.807, 2.05) is 22.4 Å². The van der Waals surface area contributed by atoms with Gasteiger partial charge >= 0.3 is 0 Å². The number of rotatable bonds is 5. The predicted molar refractivity (Wildman–Crippen MR) is 120 cm³/mol. The van der Waals surface area contributed by atoms with Crippen LogP contribution in [0.2, 0.25) is 5.02 Å². The van der Waals surface area contributed by atoms with Crippen molar-refractivity contribution in [1.29, 1.82) is 0 Å². The van der Waals surface area contributed by atoms with Crippen LogP contribution in [0, 0.1) is 10.1 Å². The third-order valence-electron chi connectivity index (χ3n) is 5.00. The molecule has 0 aliphatic carbocycles. The highest BCUT2D eigenvalue weighted by atomic mass is 35.5. The molecule has 0 saturated carbocycles. The molecule has 2 heterocycles. The Kier molecular flexibility index (Phi) is 5.96. The number of aromatic nitrogens is 1. The van der Waals surface area contributed by atoms with Gasteiger partial charge in [0, 0.05) is 40.7 Å². The Morgan fingerprint density at radius 2 is 1.87 bits per heavy atom. The Balaban J connectivity index is 1.52. The van der Waals surface area contributed by atoms with E-state index >= 15 is 0 Å². The standard InChI is InChI=1S/C21H19ClN4O3S/c22-16-7-4-14(5-8-16)17-13-30-21(23-17)24-20(27)15-6-9-18(19(12-15)26(28)29)25-10-2-1-3-11-25/h4-9,12-13H,1-3,10-11H2,(H,23,24,27). The number of piperidine rings is 1. The molecule has 1 fully saturated rings. The van der Waals surface area contributed by atoms with Gasteiger partial charge in [-0.15, -0.1) is 11.3 Å². The van der Waals surface area contributed by atoms with Crippen molar-refractivity contribution in [2.24, 2.45) is 0 Å². The number of carbonyl (C=O) groups excluding carboxylic acids is 1. The van der Waals surface area contributed by atoms with E-state index in [0.29, 0.717) is 15.8 Å². The maximum absolute atomic E-state index is 12.7. The second-order valence-electron chi connectivity index (χ2n) is 7.01. The van der Waals surface area contributed by atoms with E-state index in [-0.39, 0.29) is 11.3 Å². The molecule has 0 bridgehead atoms. The number of nitro groups is 1. The molecule has 1 amide bonds. The van der Waals surface area contributed by atoms with E-state index in [1.165, 1.54) is 17.4 Å². The maximum atomic E-state index is 12.7. The van der Waals surface area contributed by atoms with Crippen molar-refractivity contribution in [3.05, 3.63) is 68.5 Å². The predicted octanol–water partition coefficient (Wildman–Crippen LogP) is 5.61. The fraction of sp³-hybridized carbons (Fsp3) is 0.238. The number of nitro benzene ring substituents is 1. The molecule has 3 aromatic rings. The van der Waals surface area contributed by atoms with Crippen LogP contribution in [0.25, 0.3) is 11.3 Å². The molecule has 1 saturated heterocycles. The van der Waals surface area contributed by atoms with Crippen molar-refractivity contribution in [3.63, 3.8) is 0 Å². The number of carbonyl (C=O) groups is 1. The molecular formula is C21H19ClN4O3S. The summed E-state index contributed by atoms with van der Waals surface area (Å²) >= 11 is 7.20. The number of hydrogen-bond acceptors (Lipinski definition) is 6. The lowest BCUT2D eigenvalue weighted by atomic mass is 10.1. The van der Waals surface area contributed by atoms with Gasteiger partial charge in [0.15, 0.2) is 5.13 Å². The zero-order valence-electron chi connectivity index (χ0n) is 16.0. The lowest BCUT2D eigenvalue weighted by Crippen LogP contribution is -2.30. The Hall–Kier alpha value is -2.97. The van der Waals surface area contributed by atoms with Crippen molar-refractivity contribution >= 4 is 45.4 Å². The van der Waals surface area contributed by atoms with Crippen LogP contribution < -0.4 is 10.2 Å². The molecule has 9 heteroatoms. The van der Waals surface area contributed by atoms with Crippen LogP contribution in [0.15, 0.2) is 47.8 Å². The third-order valence-corrected chi connectivity index (χ3v) is 6.01. The van der Waals surface area contributed by atoms with Gasteiger partial charge in [0.25, 0.3) is 11.6 Å². The van der Waals surface area contributed by atoms with Crippen LogP contribution in [0.3, 0.4) is 0 Å². The SMILES string of the molecule is O=C(Nc1nc(-c2ccc(Cl)cc2)cs1)c1ccc(N2CCCCC2)c([N+](=O)[O-])c1. The number of anilines is 2. The highest BCUT2D eigenvalue weighted by molar-refractivity contribution is 7.14. The van der Waals surface area contributed by atoms with E-state index in [9.17, 15) is 14.9 Å². The maximum Gasteiger partial charge on any atom is 0.293 e. The van der Waals surface area contributed by atoms with Gasteiger partial charge in [0.2, 0.25) is 0 Å². The summed E-state index contributed by atoms with van der Waals surface area (Å²) in [6.45, 7) is 1.58. The van der Waals surface area contributed by atoms with Crippen molar-refractivity contribution in [2.75, 3.05) is 23.3 Å². The van der Waals surface area contributed by atoms with Gasteiger partial charge < -0.3 is 4.90 Å². The largest absolute Gasteiger partial charge is 0.366 e. The number of halogens is 1. The first-order chi connectivity index (χ1) is 14.5. The molecule has 4 rings (SSSR count). The molecule has 1 aliphatic heterocycles. The molecule has 0 atom stereocenters. The summed E-state index contributed by atoms with van der Waals surface area (Å²) in [6, 6.07) is 11.9. The average Bonchev–Trinajstić information content (AvgIpc) is 3.22. The minimum absolute atomic E-state index is 0.0504. The van der Waals surface area contributed by atoms with Crippen molar-refractivity contribution in [1.82, 2.24) is 4.98 Å². The Morgan fingerprint density at radius 3 is 2.57 bits per heavy atom. The summed E-state index contributed by atoms with van der Waals surface area (Å²) in [7, 11) is 0. The van der Waals surface area contributed by atoms with Gasteiger partial charge in [0.05, 0.1) is 10.6 Å². The van der Waals surface area contributed by atoms with Crippen LogP contribution in [-0.2, 0) is 0 Å². The van der Waals surface area contributed by atoms with Crippen LogP contribution in [0.4, 0.5) is 16.5 Å². The average molecular weight is 443 g/mol. The normalized spacial score (nSPS) is 13.8. The Morgan fingerprint density at radius 1 is 1.13 bits per heavy atom. The van der Waals surface area contributed by atoms with Crippen molar-refractivity contribution in [3.8, 4) is 11.3 Å². The zero-order valence-corrected chi connectivity index (χ0v) is 17.6. The lowest BCUT2D eigenvalue weighted by Gasteiger charge is -2.28. The fourth-order valence-electron chi connectivity index (χ4n) is 3.47. The molecule has 1 aliphatic rings. The van der Waals surface area contributed by atoms with Crippen LogP contribution in [0.1, 0.15) is 29.6 Å². The van der Waals surface area contributed by atoms with Gasteiger partial charge in [-0.1, -0.05) is 23.7 Å². The first-order valence-corrected chi connectivity index (χ1v) is 10.8. The number of nitrogens with one attached hydrogen (secondary N) is 1. The molecule has 0 radical (unpaired) electrons. The van der Waals surface area contributed by atoms with Crippen LogP contribution >= 0.6 is 22.9 Å². The summed E-state index contributed by atoms with van der Waals surface area (Å²) in [4.78, 5) is 30.3. The highest BCUT2D eigenvalue weighted by Crippen LogP contribution is 2.32. The minimum Gasteiger partial charge on any atom is -0.366 e. The molecule has 1 N–H and O–H groups in total. The molecule has 30 heavy (non-hydrogen) atoms. The van der Waals surface area contributed by atoms with E-state index in [2.05, 4.69) is 10.3 Å². The molecule has 1 aromatic heterocycles. The third kappa shape index (κ3) is 4.44. The zero-order chi connectivity index (χ0) is 21.1. The molecule has 0 spiro atoms. The van der Waals surface area contributed by atoms with Gasteiger partial charge in [-0.05, 0) is 43.5 Å². The smallest absolute Gasteiger partial charge is 0.293 e. The van der Waals surface area contributed by atoms with Gasteiger partial charge in [-0.3, -0.25) is 20.2 Å². The highest BCUT2D eigenvalue weighted by Gasteiger charge is 2.23. The molecular weight excluding hydrogens is 424 g/mol. The van der Waals surface area contributed by atoms with E-state index in [4.69, 9.17) is 11.6 Å². The fourth-order valence-corrected chi connectivity index (χ4v) is 4.31.